The number of aromatic nitrogens is 7. The lowest BCUT2D eigenvalue weighted by Gasteiger charge is -2.10. The molecule has 0 unspecified atom stereocenters. The maximum absolute atomic E-state index is 6.23. The van der Waals surface area contributed by atoms with Gasteiger partial charge in [0.1, 0.15) is 5.69 Å². The van der Waals surface area contributed by atoms with Gasteiger partial charge in [0, 0.05) is 25.4 Å². The lowest BCUT2D eigenvalue weighted by molar-refractivity contribution is 0.288. The second kappa shape index (κ2) is 7.00. The fourth-order valence-corrected chi connectivity index (χ4v) is 3.74. The molecule has 0 aliphatic carbocycles. The zero-order chi connectivity index (χ0) is 20.0. The number of halogens is 1. The summed E-state index contributed by atoms with van der Waals surface area (Å²) in [6.45, 7) is 5.16. The van der Waals surface area contributed by atoms with Gasteiger partial charge in [-0.25, -0.2) is 14.3 Å². The molecule has 0 amide bonds. The Bertz CT molecular complexity index is 1210. The van der Waals surface area contributed by atoms with Gasteiger partial charge in [-0.05, 0) is 25.5 Å². The normalized spacial score (nSPS) is 13.6. The van der Waals surface area contributed by atoms with Crippen LogP contribution in [0.2, 0.25) is 5.15 Å². The molecule has 2 bridgehead atoms. The Balaban J connectivity index is 1.67. The summed E-state index contributed by atoms with van der Waals surface area (Å²) < 4.78 is 9.71. The quantitative estimate of drug-likeness (QED) is 0.540. The van der Waals surface area contributed by atoms with Gasteiger partial charge >= 0.3 is 0 Å². The molecule has 10 heteroatoms. The van der Waals surface area contributed by atoms with Crippen molar-refractivity contribution in [2.24, 2.45) is 0 Å². The van der Waals surface area contributed by atoms with Crippen molar-refractivity contribution in [2.75, 3.05) is 11.9 Å². The van der Waals surface area contributed by atoms with Gasteiger partial charge < -0.3 is 10.1 Å². The van der Waals surface area contributed by atoms with Gasteiger partial charge in [-0.2, -0.15) is 10.1 Å². The highest BCUT2D eigenvalue weighted by Crippen LogP contribution is 2.34. The number of nitrogens with zero attached hydrogens (tertiary/aromatic N) is 7. The van der Waals surface area contributed by atoms with Crippen LogP contribution in [0.1, 0.15) is 24.7 Å². The Hall–Kier alpha value is -3.20. The molecular formula is C19H19ClN8O. The molecule has 0 atom stereocenters. The summed E-state index contributed by atoms with van der Waals surface area (Å²) in [4.78, 5) is 13.5. The van der Waals surface area contributed by atoms with Crippen molar-refractivity contribution in [3.63, 3.8) is 0 Å². The summed E-state index contributed by atoms with van der Waals surface area (Å²) in [5.74, 6) is 0.964. The van der Waals surface area contributed by atoms with Gasteiger partial charge in [0.2, 0.25) is 5.95 Å². The summed E-state index contributed by atoms with van der Waals surface area (Å²) in [6.07, 6.45) is 4.94. The molecule has 0 spiro atoms. The lowest BCUT2D eigenvalue weighted by Crippen LogP contribution is -2.07. The molecule has 9 nitrogen and oxygen atoms in total. The number of hydrogen-bond acceptors (Lipinski definition) is 7. The first kappa shape index (κ1) is 17.9. The molecule has 4 aromatic heterocycles. The van der Waals surface area contributed by atoms with Crippen LogP contribution in [0.5, 0.6) is 5.88 Å². The average molecular weight is 411 g/mol. The van der Waals surface area contributed by atoms with Crippen LogP contribution in [-0.4, -0.2) is 41.1 Å². The molecule has 5 rings (SSSR count). The SMILES string of the molecule is CCc1c2c(nn1-c1cccnc1C)OCCCn1nc(Cl)c3cnc(nc31)N2. The van der Waals surface area contributed by atoms with Gasteiger partial charge in [-0.15, -0.1) is 5.10 Å². The Kier molecular flexibility index (Phi) is 4.31. The van der Waals surface area contributed by atoms with E-state index >= 15 is 0 Å². The highest BCUT2D eigenvalue weighted by molar-refractivity contribution is 6.34. The van der Waals surface area contributed by atoms with E-state index in [1.54, 1.807) is 17.1 Å². The molecule has 29 heavy (non-hydrogen) atoms. The molecule has 0 radical (unpaired) electrons. The van der Waals surface area contributed by atoms with Crippen LogP contribution in [0.25, 0.3) is 16.7 Å². The van der Waals surface area contributed by atoms with E-state index in [4.69, 9.17) is 21.4 Å². The molecule has 148 valence electrons. The van der Waals surface area contributed by atoms with E-state index in [0.717, 1.165) is 41.0 Å². The number of aryl methyl sites for hydroxylation is 2. The monoisotopic (exact) mass is 410 g/mol. The minimum atomic E-state index is 0.402. The van der Waals surface area contributed by atoms with Crippen LogP contribution < -0.4 is 10.1 Å². The minimum Gasteiger partial charge on any atom is -0.475 e. The predicted octanol–water partition coefficient (Wildman–Crippen LogP) is 3.46. The van der Waals surface area contributed by atoms with Crippen molar-refractivity contribution in [1.82, 2.24) is 34.5 Å². The zero-order valence-electron chi connectivity index (χ0n) is 16.1. The number of rotatable bonds is 2. The molecular weight excluding hydrogens is 392 g/mol. The molecule has 1 N–H and O–H groups in total. The van der Waals surface area contributed by atoms with E-state index in [0.29, 0.717) is 35.8 Å². The second-order valence-electron chi connectivity index (χ2n) is 6.77. The number of nitrogens with one attached hydrogen (secondary N) is 1. The largest absolute Gasteiger partial charge is 0.475 e. The fourth-order valence-electron chi connectivity index (χ4n) is 3.52. The number of pyridine rings is 1. The van der Waals surface area contributed by atoms with Gasteiger partial charge in [0.15, 0.2) is 10.8 Å². The molecule has 4 aromatic rings. The van der Waals surface area contributed by atoms with Crippen LogP contribution in [0.4, 0.5) is 11.6 Å². The van der Waals surface area contributed by atoms with Crippen LogP contribution in [0.3, 0.4) is 0 Å². The zero-order valence-corrected chi connectivity index (χ0v) is 16.8. The van der Waals surface area contributed by atoms with E-state index in [1.807, 2.05) is 23.7 Å². The van der Waals surface area contributed by atoms with E-state index in [1.165, 1.54) is 0 Å². The topological polar surface area (TPSA) is 95.6 Å². The van der Waals surface area contributed by atoms with Gasteiger partial charge in [-0.3, -0.25) is 4.98 Å². The van der Waals surface area contributed by atoms with Crippen molar-refractivity contribution < 1.29 is 4.74 Å². The molecule has 1 aliphatic rings. The summed E-state index contributed by atoms with van der Waals surface area (Å²) in [6, 6.07) is 3.89. The van der Waals surface area contributed by atoms with Crippen LogP contribution in [-0.2, 0) is 13.0 Å². The van der Waals surface area contributed by atoms with Crippen molar-refractivity contribution in [1.29, 1.82) is 0 Å². The summed E-state index contributed by atoms with van der Waals surface area (Å²) >= 11 is 6.23. The number of anilines is 2. The van der Waals surface area contributed by atoms with Crippen molar-refractivity contribution in [2.45, 2.75) is 33.2 Å². The Morgan fingerprint density at radius 2 is 2.17 bits per heavy atom. The van der Waals surface area contributed by atoms with Crippen molar-refractivity contribution >= 4 is 34.3 Å². The first-order chi connectivity index (χ1) is 14.2. The van der Waals surface area contributed by atoms with Gasteiger partial charge in [0.25, 0.3) is 5.88 Å². The third kappa shape index (κ3) is 2.98. The van der Waals surface area contributed by atoms with Crippen LogP contribution in [0.15, 0.2) is 24.5 Å². The molecule has 0 saturated carbocycles. The van der Waals surface area contributed by atoms with Gasteiger partial charge in [0.05, 0.1) is 29.1 Å². The highest BCUT2D eigenvalue weighted by atomic mass is 35.5. The fraction of sp³-hybridized carbons (Fsp3) is 0.316. The molecule has 0 aromatic carbocycles. The van der Waals surface area contributed by atoms with Crippen molar-refractivity contribution in [3.8, 4) is 11.6 Å². The smallest absolute Gasteiger partial charge is 0.257 e. The van der Waals surface area contributed by atoms with Crippen LogP contribution in [0, 0.1) is 6.92 Å². The van der Waals surface area contributed by atoms with Gasteiger partial charge in [-0.1, -0.05) is 18.5 Å². The third-order valence-corrected chi connectivity index (χ3v) is 5.20. The average Bonchev–Trinajstić information content (AvgIpc) is 3.22. The lowest BCUT2D eigenvalue weighted by atomic mass is 10.2. The first-order valence-corrected chi connectivity index (χ1v) is 9.86. The summed E-state index contributed by atoms with van der Waals surface area (Å²) in [5, 5.41) is 13.5. The number of ether oxygens (including phenoxy) is 1. The highest BCUT2D eigenvalue weighted by Gasteiger charge is 2.23. The summed E-state index contributed by atoms with van der Waals surface area (Å²) in [5.41, 5.74) is 4.22. The Morgan fingerprint density at radius 1 is 1.28 bits per heavy atom. The molecule has 1 aliphatic heterocycles. The maximum atomic E-state index is 6.23. The third-order valence-electron chi connectivity index (χ3n) is 4.92. The summed E-state index contributed by atoms with van der Waals surface area (Å²) in [7, 11) is 0. The molecule has 0 saturated heterocycles. The molecule has 5 heterocycles. The Morgan fingerprint density at radius 3 is 3.00 bits per heavy atom. The minimum absolute atomic E-state index is 0.402. The number of hydrogen-bond donors (Lipinski definition) is 1. The van der Waals surface area contributed by atoms with Crippen molar-refractivity contribution in [3.05, 3.63) is 41.1 Å². The number of fused-ring (bicyclic) bond motifs is 2. The standard InChI is InChI=1S/C19H19ClN8O/c1-3-13-15-18(26-28(13)14-6-4-7-21-11(14)2)29-9-5-8-27-17-12(16(20)25-27)10-22-19(23-15)24-17/h4,6-7,10H,3,5,8-9H2,1-2H3,(H,22,23,24). The van der Waals surface area contributed by atoms with E-state index in [9.17, 15) is 0 Å². The molecule has 0 fully saturated rings. The first-order valence-electron chi connectivity index (χ1n) is 9.48. The van der Waals surface area contributed by atoms with Crippen LogP contribution >= 0.6 is 11.6 Å². The Labute approximate surface area is 171 Å². The second-order valence-corrected chi connectivity index (χ2v) is 7.13. The maximum Gasteiger partial charge on any atom is 0.257 e. The van der Waals surface area contributed by atoms with E-state index in [2.05, 4.69) is 32.3 Å². The predicted molar refractivity (Wildman–Crippen MR) is 109 cm³/mol. The van der Waals surface area contributed by atoms with E-state index in [-0.39, 0.29) is 0 Å². The van der Waals surface area contributed by atoms with E-state index < -0.39 is 0 Å².